The topological polar surface area (TPSA) is 140 Å². The van der Waals surface area contributed by atoms with Crippen molar-refractivity contribution in [1.29, 1.82) is 0 Å². The molecule has 2 rings (SSSR count). The van der Waals surface area contributed by atoms with E-state index in [1.54, 1.807) is 24.3 Å². The highest BCUT2D eigenvalue weighted by Gasteiger charge is 2.45. The number of ether oxygens (including phenoxy) is 1. The van der Waals surface area contributed by atoms with Crippen molar-refractivity contribution in [1.82, 2.24) is 16.0 Å². The van der Waals surface area contributed by atoms with Crippen LogP contribution in [0.1, 0.15) is 5.56 Å². The van der Waals surface area contributed by atoms with Crippen molar-refractivity contribution in [3.63, 3.8) is 0 Å². The number of nitrogens with one attached hydrogen (secondary N) is 3. The van der Waals surface area contributed by atoms with Crippen LogP contribution in [0.4, 0.5) is 4.79 Å². The first-order valence-electron chi connectivity index (χ1n) is 6.81. The fourth-order valence-corrected chi connectivity index (χ4v) is 1.92. The van der Waals surface area contributed by atoms with Crippen LogP contribution in [-0.2, 0) is 25.7 Å². The first kappa shape index (κ1) is 16.3. The monoisotopic (exact) mass is 320 g/mol. The summed E-state index contributed by atoms with van der Waals surface area (Å²) in [7, 11) is 0. The molecule has 23 heavy (non-hydrogen) atoms. The molecule has 1 saturated heterocycles. The minimum Gasteiger partial charge on any atom is -0.445 e. The maximum atomic E-state index is 11.7. The van der Waals surface area contributed by atoms with E-state index in [4.69, 9.17) is 10.5 Å². The minimum absolute atomic E-state index is 0.0412. The Kier molecular flexibility index (Phi) is 5.13. The van der Waals surface area contributed by atoms with Crippen molar-refractivity contribution in [2.24, 2.45) is 5.73 Å². The van der Waals surface area contributed by atoms with Crippen LogP contribution in [0, 0.1) is 0 Å². The van der Waals surface area contributed by atoms with E-state index in [0.29, 0.717) is 0 Å². The molecule has 2 unspecified atom stereocenters. The Balaban J connectivity index is 1.80. The van der Waals surface area contributed by atoms with Crippen LogP contribution in [0.2, 0.25) is 0 Å². The lowest BCUT2D eigenvalue weighted by Crippen LogP contribution is -2.73. The summed E-state index contributed by atoms with van der Waals surface area (Å²) in [4.78, 5) is 45.4. The van der Waals surface area contributed by atoms with Crippen molar-refractivity contribution in [2.75, 3.05) is 6.54 Å². The molecule has 1 heterocycles. The molecule has 0 aliphatic carbocycles. The third-order valence-corrected chi connectivity index (χ3v) is 3.12. The Morgan fingerprint density at radius 3 is 2.52 bits per heavy atom. The average Bonchev–Trinajstić information content (AvgIpc) is 2.54. The average molecular weight is 320 g/mol. The van der Waals surface area contributed by atoms with Crippen LogP contribution in [0.15, 0.2) is 30.3 Å². The van der Waals surface area contributed by atoms with E-state index in [-0.39, 0.29) is 13.2 Å². The summed E-state index contributed by atoms with van der Waals surface area (Å²) in [5, 5.41) is 6.87. The zero-order valence-corrected chi connectivity index (χ0v) is 12.1. The maximum Gasteiger partial charge on any atom is 0.408 e. The van der Waals surface area contributed by atoms with Crippen molar-refractivity contribution in [2.45, 2.75) is 18.7 Å². The molecule has 1 aromatic rings. The number of rotatable bonds is 6. The Hall–Kier alpha value is -3.10. The van der Waals surface area contributed by atoms with Gasteiger partial charge in [-0.2, -0.15) is 0 Å². The van der Waals surface area contributed by atoms with Gasteiger partial charge < -0.3 is 26.4 Å². The summed E-state index contributed by atoms with van der Waals surface area (Å²) in [6.45, 7) is -0.310. The van der Waals surface area contributed by atoms with Gasteiger partial charge in [0.1, 0.15) is 18.7 Å². The summed E-state index contributed by atoms with van der Waals surface area (Å²) in [5.41, 5.74) is 5.70. The zero-order chi connectivity index (χ0) is 16.8. The predicted molar refractivity (Wildman–Crippen MR) is 77.7 cm³/mol. The van der Waals surface area contributed by atoms with Gasteiger partial charge in [0.25, 0.3) is 0 Å². The second kappa shape index (κ2) is 7.25. The van der Waals surface area contributed by atoms with E-state index in [2.05, 4.69) is 16.0 Å². The third kappa shape index (κ3) is 4.43. The largest absolute Gasteiger partial charge is 0.445 e. The molecule has 9 heteroatoms. The van der Waals surface area contributed by atoms with Crippen molar-refractivity contribution in [3.8, 4) is 0 Å². The lowest BCUT2D eigenvalue weighted by molar-refractivity contribution is -0.140. The molecule has 5 N–H and O–H groups in total. The van der Waals surface area contributed by atoms with Gasteiger partial charge in [0.15, 0.2) is 0 Å². The normalized spacial score (nSPS) is 19.0. The molecule has 122 valence electrons. The van der Waals surface area contributed by atoms with Crippen LogP contribution < -0.4 is 21.7 Å². The molecule has 2 atom stereocenters. The molecule has 1 aromatic carbocycles. The molecule has 4 amide bonds. The predicted octanol–water partition coefficient (Wildman–Crippen LogP) is -1.62. The lowest BCUT2D eigenvalue weighted by atomic mass is 9.98. The number of carbonyl (C=O) groups is 4. The highest BCUT2D eigenvalue weighted by atomic mass is 16.5. The number of amides is 4. The molecule has 0 saturated carbocycles. The fraction of sp³-hybridized carbons (Fsp3) is 0.286. The van der Waals surface area contributed by atoms with Crippen molar-refractivity contribution in [3.05, 3.63) is 35.9 Å². The number of primary amides is 1. The molecule has 0 spiro atoms. The quantitative estimate of drug-likeness (QED) is 0.466. The number of nitrogens with two attached hydrogens (primary N) is 1. The maximum absolute atomic E-state index is 11.7. The Morgan fingerprint density at radius 2 is 1.91 bits per heavy atom. The molecule has 1 aliphatic rings. The van der Waals surface area contributed by atoms with Crippen molar-refractivity contribution < 1.29 is 23.9 Å². The van der Waals surface area contributed by atoms with Gasteiger partial charge in [0.05, 0.1) is 6.54 Å². The third-order valence-electron chi connectivity index (χ3n) is 3.12. The lowest BCUT2D eigenvalue weighted by Gasteiger charge is -2.35. The molecular formula is C14H16N4O5. The Bertz CT molecular complexity index is 619. The molecular weight excluding hydrogens is 304 g/mol. The SMILES string of the molecule is NC(=O)CNC(=O)C1NC(=O)C1NC(=O)OCc1ccccc1. The van der Waals surface area contributed by atoms with Gasteiger partial charge in [0, 0.05) is 0 Å². The van der Waals surface area contributed by atoms with Gasteiger partial charge in [-0.1, -0.05) is 30.3 Å². The molecule has 1 aliphatic heterocycles. The summed E-state index contributed by atoms with van der Waals surface area (Å²) >= 11 is 0. The Labute approximate surface area is 131 Å². The van der Waals surface area contributed by atoms with Crippen LogP contribution in [0.25, 0.3) is 0 Å². The summed E-state index contributed by atoms with van der Waals surface area (Å²) in [5.74, 6) is -1.84. The minimum atomic E-state index is -1.05. The van der Waals surface area contributed by atoms with E-state index in [0.717, 1.165) is 5.56 Å². The molecule has 0 radical (unpaired) electrons. The highest BCUT2D eigenvalue weighted by molar-refractivity contribution is 6.03. The van der Waals surface area contributed by atoms with Gasteiger partial charge >= 0.3 is 6.09 Å². The van der Waals surface area contributed by atoms with E-state index in [1.165, 1.54) is 0 Å². The number of hydrogen-bond acceptors (Lipinski definition) is 5. The van der Waals surface area contributed by atoms with Crippen LogP contribution >= 0.6 is 0 Å². The zero-order valence-electron chi connectivity index (χ0n) is 12.1. The second-order valence-corrected chi connectivity index (χ2v) is 4.85. The highest BCUT2D eigenvalue weighted by Crippen LogP contribution is 2.08. The smallest absolute Gasteiger partial charge is 0.408 e. The standard InChI is InChI=1S/C14H16N4O5/c15-9(19)6-16-12(20)10-11(13(21)17-10)18-14(22)23-7-8-4-2-1-3-5-8/h1-5,10-11H,6-7H2,(H2,15,19)(H,16,20)(H,17,21)(H,18,22). The summed E-state index contributed by atoms with van der Waals surface area (Å²) in [6.07, 6.45) is -0.818. The van der Waals surface area contributed by atoms with E-state index in [9.17, 15) is 19.2 Å². The second-order valence-electron chi connectivity index (χ2n) is 4.85. The fourth-order valence-electron chi connectivity index (χ4n) is 1.92. The first-order chi connectivity index (χ1) is 11.0. The van der Waals surface area contributed by atoms with E-state index < -0.39 is 35.9 Å². The van der Waals surface area contributed by atoms with Crippen LogP contribution in [-0.4, -0.2) is 42.4 Å². The molecule has 1 fully saturated rings. The number of benzene rings is 1. The van der Waals surface area contributed by atoms with E-state index >= 15 is 0 Å². The van der Waals surface area contributed by atoms with Crippen LogP contribution in [0.3, 0.4) is 0 Å². The molecule has 9 nitrogen and oxygen atoms in total. The first-order valence-corrected chi connectivity index (χ1v) is 6.81. The van der Waals surface area contributed by atoms with Crippen LogP contribution in [0.5, 0.6) is 0 Å². The van der Waals surface area contributed by atoms with Gasteiger partial charge in [-0.25, -0.2) is 4.79 Å². The molecule has 0 bridgehead atoms. The Morgan fingerprint density at radius 1 is 1.22 bits per heavy atom. The van der Waals surface area contributed by atoms with Gasteiger partial charge in [-0.05, 0) is 5.56 Å². The summed E-state index contributed by atoms with van der Waals surface area (Å²) < 4.78 is 4.97. The summed E-state index contributed by atoms with van der Waals surface area (Å²) in [6, 6.07) is 6.98. The van der Waals surface area contributed by atoms with Gasteiger partial charge in [0.2, 0.25) is 17.7 Å². The molecule has 0 aromatic heterocycles. The van der Waals surface area contributed by atoms with E-state index in [1.807, 2.05) is 6.07 Å². The number of hydrogen-bond donors (Lipinski definition) is 4. The number of β-lactam (4-membered cyclic amide) rings is 1. The van der Waals surface area contributed by atoms with Gasteiger partial charge in [-0.3, -0.25) is 14.4 Å². The van der Waals surface area contributed by atoms with Gasteiger partial charge in [-0.15, -0.1) is 0 Å². The number of carbonyl (C=O) groups excluding carboxylic acids is 4. The number of alkyl carbamates (subject to hydrolysis) is 1. The van der Waals surface area contributed by atoms with Crippen molar-refractivity contribution >= 4 is 23.8 Å².